The summed E-state index contributed by atoms with van der Waals surface area (Å²) in [6.07, 6.45) is -2.04. The third-order valence-electron chi connectivity index (χ3n) is 5.99. The van der Waals surface area contributed by atoms with Crippen LogP contribution in [0.1, 0.15) is 63.2 Å². The molecule has 2 amide bonds. The summed E-state index contributed by atoms with van der Waals surface area (Å²) in [5.41, 5.74) is 0.912. The van der Waals surface area contributed by atoms with Crippen molar-refractivity contribution in [3.8, 4) is 17.5 Å². The molecule has 0 fully saturated rings. The zero-order chi connectivity index (χ0) is 30.6. The van der Waals surface area contributed by atoms with Gasteiger partial charge in [0.25, 0.3) is 0 Å². The number of hydrogen-bond acceptors (Lipinski definition) is 9. The van der Waals surface area contributed by atoms with Gasteiger partial charge in [-0.05, 0) is 73.9 Å². The first kappa shape index (κ1) is 30.1. The van der Waals surface area contributed by atoms with Crippen molar-refractivity contribution in [2.75, 3.05) is 12.0 Å². The highest BCUT2D eigenvalue weighted by Gasteiger charge is 2.40. The third-order valence-corrected chi connectivity index (χ3v) is 7.23. The molecule has 0 spiro atoms. The molecule has 0 aliphatic rings. The minimum Gasteiger partial charge on any atom is -0.496 e. The SMILES string of the molecule is COc1ccc(C)c(-n2c(N(C(=O)OC(C)(C)C)C(=O)OC(C)(C)C)c(C#N)c3c(Cl)nc4nc(C)sc4c32)c1C. The molecule has 0 radical (unpaired) electrons. The second-order valence-corrected chi connectivity index (χ2v) is 13.1. The van der Waals surface area contributed by atoms with Gasteiger partial charge in [-0.25, -0.2) is 19.6 Å². The molecule has 0 bridgehead atoms. The molecule has 10 nitrogen and oxygen atoms in total. The van der Waals surface area contributed by atoms with E-state index >= 15 is 0 Å². The molecule has 0 atom stereocenters. The lowest BCUT2D eigenvalue weighted by molar-refractivity contribution is 0.0428. The summed E-state index contributed by atoms with van der Waals surface area (Å²) in [5, 5.41) is 11.6. The van der Waals surface area contributed by atoms with E-state index in [1.807, 2.05) is 32.9 Å². The van der Waals surface area contributed by atoms with E-state index in [0.29, 0.717) is 32.9 Å². The van der Waals surface area contributed by atoms with E-state index < -0.39 is 23.4 Å². The van der Waals surface area contributed by atoms with Crippen LogP contribution in [0.2, 0.25) is 5.15 Å². The summed E-state index contributed by atoms with van der Waals surface area (Å²) < 4.78 is 19.3. The number of aryl methyl sites for hydroxylation is 2. The lowest BCUT2D eigenvalue weighted by Crippen LogP contribution is -2.45. The maximum Gasteiger partial charge on any atom is 0.425 e. The fourth-order valence-corrected chi connectivity index (χ4v) is 5.72. The number of carbonyl (C=O) groups excluding carboxylic acids is 2. The zero-order valence-electron chi connectivity index (χ0n) is 24.7. The Kier molecular flexibility index (Phi) is 7.71. The molecular formula is C29H32ClN5O5S. The number of imide groups is 1. The number of ether oxygens (including phenoxy) is 3. The standard InChI is InChI=1S/C29H32ClN5O5S/c1-14-11-12-18(38-10)15(2)20(14)34-21-19(23(30)33-24-22(21)41-16(3)32-24)17(13-31)25(34)35(26(36)39-28(4,5)6)27(37)40-29(7,8)9/h11-12H,1-10H3. The van der Waals surface area contributed by atoms with Crippen molar-refractivity contribution >= 4 is 62.2 Å². The Morgan fingerprint density at radius 3 is 2.12 bits per heavy atom. The topological polar surface area (TPSA) is 120 Å². The van der Waals surface area contributed by atoms with Crippen molar-refractivity contribution in [3.05, 3.63) is 39.0 Å². The molecule has 1 aromatic carbocycles. The van der Waals surface area contributed by atoms with Crippen molar-refractivity contribution in [2.24, 2.45) is 0 Å². The van der Waals surface area contributed by atoms with Gasteiger partial charge in [0.1, 0.15) is 33.7 Å². The number of amides is 2. The Morgan fingerprint density at radius 2 is 1.61 bits per heavy atom. The molecule has 4 rings (SSSR count). The van der Waals surface area contributed by atoms with Crippen LogP contribution in [0.3, 0.4) is 0 Å². The van der Waals surface area contributed by atoms with Gasteiger partial charge < -0.3 is 14.2 Å². The van der Waals surface area contributed by atoms with Gasteiger partial charge in [-0.15, -0.1) is 11.3 Å². The van der Waals surface area contributed by atoms with Crippen LogP contribution in [0, 0.1) is 32.1 Å². The van der Waals surface area contributed by atoms with Crippen LogP contribution in [0.4, 0.5) is 15.4 Å². The number of aromatic nitrogens is 3. The molecule has 41 heavy (non-hydrogen) atoms. The molecule has 216 valence electrons. The van der Waals surface area contributed by atoms with E-state index in [0.717, 1.165) is 15.5 Å². The molecule has 3 heterocycles. The number of methoxy groups -OCH3 is 1. The number of thiazole rings is 1. The Bertz CT molecular complexity index is 1730. The van der Waals surface area contributed by atoms with Crippen molar-refractivity contribution in [3.63, 3.8) is 0 Å². The highest BCUT2D eigenvalue weighted by atomic mass is 35.5. The first-order valence-corrected chi connectivity index (χ1v) is 14.0. The molecule has 12 heteroatoms. The van der Waals surface area contributed by atoms with E-state index in [4.69, 9.17) is 25.8 Å². The maximum atomic E-state index is 13.9. The van der Waals surface area contributed by atoms with Gasteiger partial charge in [-0.2, -0.15) is 10.2 Å². The third kappa shape index (κ3) is 5.54. The van der Waals surface area contributed by atoms with Crippen LogP contribution in [0.15, 0.2) is 12.1 Å². The monoisotopic (exact) mass is 597 g/mol. The van der Waals surface area contributed by atoms with Gasteiger partial charge in [0.05, 0.1) is 33.4 Å². The van der Waals surface area contributed by atoms with E-state index in [1.54, 1.807) is 53.2 Å². The van der Waals surface area contributed by atoms with Crippen molar-refractivity contribution in [2.45, 2.75) is 73.5 Å². The Hall–Kier alpha value is -3.88. The molecule has 0 aliphatic carbocycles. The number of carbonyl (C=O) groups is 2. The molecule has 4 aromatic rings. The minimum atomic E-state index is -1.02. The number of pyridine rings is 1. The number of fused-ring (bicyclic) bond motifs is 3. The highest BCUT2D eigenvalue weighted by Crippen LogP contribution is 2.45. The Balaban J connectivity index is 2.29. The fraction of sp³-hybridized carbons (Fsp3) is 0.414. The van der Waals surface area contributed by atoms with Gasteiger partial charge >= 0.3 is 12.2 Å². The summed E-state index contributed by atoms with van der Waals surface area (Å²) in [4.78, 5) is 37.4. The second kappa shape index (κ2) is 10.5. The highest BCUT2D eigenvalue weighted by molar-refractivity contribution is 7.19. The number of benzene rings is 1. The van der Waals surface area contributed by atoms with Gasteiger partial charge in [0.2, 0.25) is 0 Å². The van der Waals surface area contributed by atoms with Crippen LogP contribution >= 0.6 is 22.9 Å². The summed E-state index contributed by atoms with van der Waals surface area (Å²) in [6.45, 7) is 15.7. The van der Waals surface area contributed by atoms with E-state index in [9.17, 15) is 14.9 Å². The van der Waals surface area contributed by atoms with Crippen LogP contribution in [-0.4, -0.2) is 45.0 Å². The molecule has 0 saturated heterocycles. The molecule has 0 saturated carbocycles. The maximum absolute atomic E-state index is 13.9. The number of nitrogens with zero attached hydrogens (tertiary/aromatic N) is 5. The van der Waals surface area contributed by atoms with Crippen LogP contribution in [-0.2, 0) is 9.47 Å². The normalized spacial score (nSPS) is 12.0. The number of hydrogen-bond donors (Lipinski definition) is 0. The summed E-state index contributed by atoms with van der Waals surface area (Å²) >= 11 is 8.09. The molecule has 3 aromatic heterocycles. The zero-order valence-corrected chi connectivity index (χ0v) is 26.3. The van der Waals surface area contributed by atoms with Crippen molar-refractivity contribution in [1.82, 2.24) is 14.5 Å². The lowest BCUT2D eigenvalue weighted by atomic mass is 10.1. The largest absolute Gasteiger partial charge is 0.496 e. The number of rotatable bonds is 3. The molecular weight excluding hydrogens is 566 g/mol. The summed E-state index contributed by atoms with van der Waals surface area (Å²) in [5.74, 6) is 0.475. The Labute approximate surface area is 247 Å². The first-order valence-electron chi connectivity index (χ1n) is 12.8. The fourth-order valence-electron chi connectivity index (χ4n) is 4.55. The van der Waals surface area contributed by atoms with E-state index in [1.165, 1.54) is 11.3 Å². The molecule has 0 unspecified atom stereocenters. The predicted octanol–water partition coefficient (Wildman–Crippen LogP) is 7.77. The van der Waals surface area contributed by atoms with Gasteiger partial charge in [-0.3, -0.25) is 4.57 Å². The second-order valence-electron chi connectivity index (χ2n) is 11.5. The van der Waals surface area contributed by atoms with Crippen LogP contribution in [0.5, 0.6) is 5.75 Å². The van der Waals surface area contributed by atoms with Gasteiger partial charge in [0, 0.05) is 5.56 Å². The molecule has 0 aliphatic heterocycles. The summed E-state index contributed by atoms with van der Waals surface area (Å²) in [6, 6.07) is 5.85. The Morgan fingerprint density at radius 1 is 1.02 bits per heavy atom. The van der Waals surface area contributed by atoms with Crippen molar-refractivity contribution < 1.29 is 23.8 Å². The number of halogens is 1. The average molecular weight is 598 g/mol. The number of anilines is 1. The predicted molar refractivity (Wildman–Crippen MR) is 160 cm³/mol. The lowest BCUT2D eigenvalue weighted by Gasteiger charge is -2.30. The smallest absolute Gasteiger partial charge is 0.425 e. The number of nitriles is 1. The quantitative estimate of drug-likeness (QED) is 0.220. The van der Waals surface area contributed by atoms with Gasteiger partial charge in [-0.1, -0.05) is 17.7 Å². The first-order chi connectivity index (χ1) is 19.0. The minimum absolute atomic E-state index is 0.000815. The summed E-state index contributed by atoms with van der Waals surface area (Å²) in [7, 11) is 1.55. The van der Waals surface area contributed by atoms with Crippen LogP contribution < -0.4 is 9.64 Å². The molecule has 0 N–H and O–H groups in total. The average Bonchev–Trinajstić information content (AvgIpc) is 3.34. The van der Waals surface area contributed by atoms with Crippen LogP contribution in [0.25, 0.3) is 26.9 Å². The van der Waals surface area contributed by atoms with Gasteiger partial charge in [0.15, 0.2) is 11.5 Å². The van der Waals surface area contributed by atoms with E-state index in [2.05, 4.69) is 16.0 Å². The van der Waals surface area contributed by atoms with Crippen molar-refractivity contribution in [1.29, 1.82) is 5.26 Å². The van der Waals surface area contributed by atoms with E-state index in [-0.39, 0.29) is 21.9 Å².